The summed E-state index contributed by atoms with van der Waals surface area (Å²) < 4.78 is 0. The summed E-state index contributed by atoms with van der Waals surface area (Å²) in [4.78, 5) is 24.1. The van der Waals surface area contributed by atoms with Crippen molar-refractivity contribution < 1.29 is 9.72 Å². The van der Waals surface area contributed by atoms with Gasteiger partial charge in [-0.05, 0) is 18.4 Å². The standard InChI is InChI=1S/C13H15ClN2O3/c1-9-5-6-15(8-12(9)14)13(17)10-3-2-4-11(7-10)16(18)19/h2-4,7,9,12H,5-6,8H2,1H3. The van der Waals surface area contributed by atoms with E-state index in [-0.39, 0.29) is 17.0 Å². The van der Waals surface area contributed by atoms with E-state index >= 15 is 0 Å². The van der Waals surface area contributed by atoms with Gasteiger partial charge in [0, 0.05) is 30.8 Å². The minimum Gasteiger partial charge on any atom is -0.337 e. The molecule has 1 aliphatic rings. The second-order valence-electron chi connectivity index (χ2n) is 4.84. The van der Waals surface area contributed by atoms with E-state index < -0.39 is 4.92 Å². The molecule has 0 aliphatic carbocycles. The van der Waals surface area contributed by atoms with Gasteiger partial charge in [-0.15, -0.1) is 11.6 Å². The first kappa shape index (κ1) is 13.8. The minimum absolute atomic E-state index is 0.0589. The largest absolute Gasteiger partial charge is 0.337 e. The monoisotopic (exact) mass is 282 g/mol. The van der Waals surface area contributed by atoms with Gasteiger partial charge in [-0.2, -0.15) is 0 Å². The van der Waals surface area contributed by atoms with E-state index in [2.05, 4.69) is 6.92 Å². The molecule has 1 amide bonds. The molecule has 0 aromatic heterocycles. The molecule has 1 aromatic rings. The summed E-state index contributed by atoms with van der Waals surface area (Å²) in [5.41, 5.74) is 0.270. The van der Waals surface area contributed by atoms with Gasteiger partial charge in [0.1, 0.15) is 0 Å². The van der Waals surface area contributed by atoms with E-state index in [0.29, 0.717) is 24.6 Å². The summed E-state index contributed by atoms with van der Waals surface area (Å²) in [6.07, 6.45) is 0.856. The normalized spacial score (nSPS) is 23.2. The molecule has 0 saturated carbocycles. The number of alkyl halides is 1. The van der Waals surface area contributed by atoms with Crippen LogP contribution in [0.15, 0.2) is 24.3 Å². The van der Waals surface area contributed by atoms with Gasteiger partial charge in [-0.25, -0.2) is 0 Å². The highest BCUT2D eigenvalue weighted by Gasteiger charge is 2.28. The Morgan fingerprint density at radius 1 is 1.53 bits per heavy atom. The summed E-state index contributed by atoms with van der Waals surface area (Å²) in [7, 11) is 0. The lowest BCUT2D eigenvalue weighted by Gasteiger charge is -2.34. The molecule has 6 heteroatoms. The topological polar surface area (TPSA) is 63.5 Å². The van der Waals surface area contributed by atoms with Crippen LogP contribution in [0.3, 0.4) is 0 Å². The molecule has 1 aliphatic heterocycles. The number of likely N-dealkylation sites (tertiary alicyclic amines) is 1. The lowest BCUT2D eigenvalue weighted by molar-refractivity contribution is -0.384. The summed E-state index contributed by atoms with van der Waals surface area (Å²) in [5, 5.41) is 10.6. The number of benzene rings is 1. The molecule has 19 heavy (non-hydrogen) atoms. The van der Waals surface area contributed by atoms with Gasteiger partial charge in [-0.3, -0.25) is 14.9 Å². The van der Waals surface area contributed by atoms with E-state index in [0.717, 1.165) is 6.42 Å². The summed E-state index contributed by atoms with van der Waals surface area (Å²) in [5.74, 6) is 0.192. The van der Waals surface area contributed by atoms with E-state index in [1.807, 2.05) is 0 Å². The number of hydrogen-bond donors (Lipinski definition) is 0. The fourth-order valence-electron chi connectivity index (χ4n) is 2.14. The van der Waals surface area contributed by atoms with Crippen molar-refractivity contribution in [1.82, 2.24) is 4.90 Å². The summed E-state index contributed by atoms with van der Waals surface area (Å²) in [6, 6.07) is 5.80. The number of carbonyl (C=O) groups excluding carboxylic acids is 1. The number of hydrogen-bond acceptors (Lipinski definition) is 3. The predicted octanol–water partition coefficient (Wildman–Crippen LogP) is 2.68. The maximum absolute atomic E-state index is 12.3. The van der Waals surface area contributed by atoms with Gasteiger partial charge >= 0.3 is 0 Å². The number of nitro groups is 1. The van der Waals surface area contributed by atoms with Crippen LogP contribution in [0.5, 0.6) is 0 Å². The number of carbonyl (C=O) groups is 1. The van der Waals surface area contributed by atoms with Crippen LogP contribution in [-0.2, 0) is 0 Å². The highest BCUT2D eigenvalue weighted by atomic mass is 35.5. The van der Waals surface area contributed by atoms with Crippen LogP contribution in [0.4, 0.5) is 5.69 Å². The summed E-state index contributed by atoms with van der Waals surface area (Å²) in [6.45, 7) is 3.20. The van der Waals surface area contributed by atoms with Crippen molar-refractivity contribution in [3.8, 4) is 0 Å². The van der Waals surface area contributed by atoms with Crippen LogP contribution in [0.2, 0.25) is 0 Å². The first-order valence-electron chi connectivity index (χ1n) is 6.17. The second kappa shape index (κ2) is 5.57. The average Bonchev–Trinajstić information content (AvgIpc) is 2.41. The minimum atomic E-state index is -0.501. The molecular weight excluding hydrogens is 268 g/mol. The lowest BCUT2D eigenvalue weighted by Crippen LogP contribution is -2.43. The number of piperidine rings is 1. The van der Waals surface area contributed by atoms with E-state index in [1.54, 1.807) is 11.0 Å². The molecule has 1 fully saturated rings. The molecule has 0 N–H and O–H groups in total. The Kier molecular flexibility index (Phi) is 4.04. The molecule has 2 rings (SSSR count). The smallest absolute Gasteiger partial charge is 0.270 e. The summed E-state index contributed by atoms with van der Waals surface area (Å²) >= 11 is 6.17. The molecule has 5 nitrogen and oxygen atoms in total. The highest BCUT2D eigenvalue weighted by molar-refractivity contribution is 6.21. The fourth-order valence-corrected chi connectivity index (χ4v) is 2.43. The van der Waals surface area contributed by atoms with Gasteiger partial charge in [0.05, 0.1) is 10.3 Å². The Morgan fingerprint density at radius 2 is 2.26 bits per heavy atom. The number of non-ortho nitro benzene ring substituents is 1. The van der Waals surface area contributed by atoms with Crippen molar-refractivity contribution in [2.24, 2.45) is 5.92 Å². The van der Waals surface area contributed by atoms with Gasteiger partial charge in [0.15, 0.2) is 0 Å². The van der Waals surface area contributed by atoms with Crippen LogP contribution in [0.25, 0.3) is 0 Å². The van der Waals surface area contributed by atoms with Gasteiger partial charge < -0.3 is 4.90 Å². The molecule has 2 unspecified atom stereocenters. The third-order valence-electron chi connectivity index (χ3n) is 3.46. The number of amides is 1. The molecule has 1 heterocycles. The Bertz CT molecular complexity index is 506. The van der Waals surface area contributed by atoms with Crippen molar-refractivity contribution in [2.45, 2.75) is 18.7 Å². The molecular formula is C13H15ClN2O3. The molecule has 0 radical (unpaired) electrons. The van der Waals surface area contributed by atoms with Crippen LogP contribution >= 0.6 is 11.6 Å². The second-order valence-corrected chi connectivity index (χ2v) is 5.40. The zero-order chi connectivity index (χ0) is 14.0. The Balaban J connectivity index is 2.16. The SMILES string of the molecule is CC1CCN(C(=O)c2cccc([N+](=O)[O-])c2)CC1Cl. The maximum Gasteiger partial charge on any atom is 0.270 e. The Labute approximate surface area is 116 Å². The zero-order valence-electron chi connectivity index (χ0n) is 10.6. The van der Waals surface area contributed by atoms with Gasteiger partial charge in [0.25, 0.3) is 11.6 Å². The molecule has 2 atom stereocenters. The average molecular weight is 283 g/mol. The first-order chi connectivity index (χ1) is 8.99. The van der Waals surface area contributed by atoms with Crippen LogP contribution in [-0.4, -0.2) is 34.2 Å². The van der Waals surface area contributed by atoms with E-state index in [4.69, 9.17) is 11.6 Å². The van der Waals surface area contributed by atoms with Crippen molar-refractivity contribution >= 4 is 23.2 Å². The Hall–Kier alpha value is -1.62. The molecule has 102 valence electrons. The number of halogens is 1. The van der Waals surface area contributed by atoms with Gasteiger partial charge in [-0.1, -0.05) is 13.0 Å². The van der Waals surface area contributed by atoms with Crippen LogP contribution in [0, 0.1) is 16.0 Å². The third kappa shape index (κ3) is 3.04. The van der Waals surface area contributed by atoms with E-state index in [9.17, 15) is 14.9 Å². The van der Waals surface area contributed by atoms with Crippen LogP contribution < -0.4 is 0 Å². The van der Waals surface area contributed by atoms with E-state index in [1.165, 1.54) is 18.2 Å². The first-order valence-corrected chi connectivity index (χ1v) is 6.60. The lowest BCUT2D eigenvalue weighted by atomic mass is 9.98. The molecule has 1 aromatic carbocycles. The maximum atomic E-state index is 12.3. The van der Waals surface area contributed by atoms with Gasteiger partial charge in [0.2, 0.25) is 0 Å². The van der Waals surface area contributed by atoms with Crippen molar-refractivity contribution in [1.29, 1.82) is 0 Å². The van der Waals surface area contributed by atoms with Crippen molar-refractivity contribution in [3.05, 3.63) is 39.9 Å². The molecule has 1 saturated heterocycles. The zero-order valence-corrected chi connectivity index (χ0v) is 11.3. The van der Waals surface area contributed by atoms with Crippen molar-refractivity contribution in [3.63, 3.8) is 0 Å². The van der Waals surface area contributed by atoms with Crippen molar-refractivity contribution in [2.75, 3.05) is 13.1 Å². The number of rotatable bonds is 2. The Morgan fingerprint density at radius 3 is 2.89 bits per heavy atom. The van der Waals surface area contributed by atoms with Crippen LogP contribution in [0.1, 0.15) is 23.7 Å². The number of nitro benzene ring substituents is 1. The fraction of sp³-hybridized carbons (Fsp3) is 0.462. The molecule has 0 spiro atoms. The highest BCUT2D eigenvalue weighted by Crippen LogP contribution is 2.23. The molecule has 0 bridgehead atoms. The quantitative estimate of drug-likeness (QED) is 0.476. The predicted molar refractivity (Wildman–Crippen MR) is 72.4 cm³/mol. The third-order valence-corrected chi connectivity index (χ3v) is 4.03. The number of nitrogens with zero attached hydrogens (tertiary/aromatic N) is 2.